The Labute approximate surface area is 156 Å². The molecule has 2 aromatic carbocycles. The lowest BCUT2D eigenvalue weighted by Crippen LogP contribution is -2.25. The van der Waals surface area contributed by atoms with Crippen molar-refractivity contribution in [3.8, 4) is 11.5 Å². The fourth-order valence-corrected chi connectivity index (χ4v) is 2.91. The molecule has 0 radical (unpaired) electrons. The third-order valence-electron chi connectivity index (χ3n) is 4.55. The van der Waals surface area contributed by atoms with Crippen molar-refractivity contribution in [1.29, 1.82) is 0 Å². The van der Waals surface area contributed by atoms with Crippen molar-refractivity contribution in [2.45, 2.75) is 26.8 Å². The Kier molecular flexibility index (Phi) is 4.46. The summed E-state index contributed by atoms with van der Waals surface area (Å²) in [6.07, 6.45) is 1.88. The number of hydrogen-bond acceptors (Lipinski definition) is 5. The summed E-state index contributed by atoms with van der Waals surface area (Å²) in [6, 6.07) is 13.6. The number of carbonyl (C=O) groups is 1. The molecule has 0 unspecified atom stereocenters. The molecule has 0 saturated carbocycles. The molecule has 0 saturated heterocycles. The molecule has 0 aliphatic rings. The van der Waals surface area contributed by atoms with Gasteiger partial charge in [0.1, 0.15) is 5.58 Å². The predicted molar refractivity (Wildman–Crippen MR) is 101 cm³/mol. The average molecular weight is 361 g/mol. The van der Waals surface area contributed by atoms with Gasteiger partial charge in [-0.25, -0.2) is 0 Å². The van der Waals surface area contributed by atoms with Crippen LogP contribution in [0.1, 0.15) is 22.5 Å². The molecule has 2 aromatic heterocycles. The number of aryl methyl sites for hydroxylation is 2. The van der Waals surface area contributed by atoms with Gasteiger partial charge < -0.3 is 14.3 Å². The van der Waals surface area contributed by atoms with Gasteiger partial charge in [0.2, 0.25) is 5.91 Å². The highest BCUT2D eigenvalue weighted by Crippen LogP contribution is 2.25. The third-order valence-corrected chi connectivity index (χ3v) is 4.55. The first-order valence-corrected chi connectivity index (χ1v) is 8.72. The average Bonchev–Trinajstić information content (AvgIpc) is 3.29. The Morgan fingerprint density at radius 1 is 1.11 bits per heavy atom. The van der Waals surface area contributed by atoms with Crippen molar-refractivity contribution in [3.05, 3.63) is 71.2 Å². The number of aromatic nitrogens is 2. The van der Waals surface area contributed by atoms with E-state index in [4.69, 9.17) is 8.94 Å². The summed E-state index contributed by atoms with van der Waals surface area (Å²) in [5.74, 6) is 0.749. The first kappa shape index (κ1) is 17.0. The fraction of sp³-hybridized carbons (Fsp3) is 0.190. The van der Waals surface area contributed by atoms with Crippen molar-refractivity contribution < 1.29 is 13.7 Å². The maximum Gasteiger partial charge on any atom is 0.257 e. The highest BCUT2D eigenvalue weighted by Gasteiger charge is 2.13. The number of nitrogens with one attached hydrogen (secondary N) is 1. The first-order valence-electron chi connectivity index (χ1n) is 8.72. The second kappa shape index (κ2) is 7.07. The summed E-state index contributed by atoms with van der Waals surface area (Å²) >= 11 is 0. The van der Waals surface area contributed by atoms with E-state index in [1.807, 2.05) is 50.2 Å². The number of hydrogen-bond donors (Lipinski definition) is 1. The zero-order valence-corrected chi connectivity index (χ0v) is 15.2. The van der Waals surface area contributed by atoms with Crippen LogP contribution in [-0.2, 0) is 17.8 Å². The Bertz CT molecular complexity index is 1100. The molecule has 27 heavy (non-hydrogen) atoms. The number of amides is 1. The molecule has 0 fully saturated rings. The van der Waals surface area contributed by atoms with Crippen molar-refractivity contribution in [2.24, 2.45) is 0 Å². The van der Waals surface area contributed by atoms with Gasteiger partial charge >= 0.3 is 0 Å². The van der Waals surface area contributed by atoms with Crippen LogP contribution in [0.5, 0.6) is 0 Å². The van der Waals surface area contributed by atoms with E-state index >= 15 is 0 Å². The lowest BCUT2D eigenvalue weighted by Gasteiger charge is -2.03. The van der Waals surface area contributed by atoms with E-state index in [2.05, 4.69) is 21.5 Å². The van der Waals surface area contributed by atoms with Gasteiger partial charge in [-0.3, -0.25) is 4.79 Å². The number of rotatable bonds is 5. The van der Waals surface area contributed by atoms with Crippen LogP contribution in [0.4, 0.5) is 0 Å². The minimum Gasteiger partial charge on any atom is -0.464 e. The van der Waals surface area contributed by atoms with E-state index in [-0.39, 0.29) is 18.9 Å². The SMILES string of the molecule is Cc1cc2occ(CC(=O)NCc3noc(-c4ccccc4)n3)c2cc1C. The molecule has 4 rings (SSSR count). The number of fused-ring (bicyclic) bond motifs is 1. The van der Waals surface area contributed by atoms with Crippen LogP contribution < -0.4 is 5.32 Å². The van der Waals surface area contributed by atoms with Gasteiger partial charge in [0, 0.05) is 16.5 Å². The number of benzene rings is 2. The molecule has 2 heterocycles. The van der Waals surface area contributed by atoms with Gasteiger partial charge in [0.25, 0.3) is 5.89 Å². The van der Waals surface area contributed by atoms with Crippen LogP contribution in [-0.4, -0.2) is 16.0 Å². The van der Waals surface area contributed by atoms with E-state index in [0.717, 1.165) is 22.1 Å². The second-order valence-corrected chi connectivity index (χ2v) is 6.53. The van der Waals surface area contributed by atoms with Gasteiger partial charge in [0.15, 0.2) is 5.82 Å². The van der Waals surface area contributed by atoms with Gasteiger partial charge in [0.05, 0.1) is 19.2 Å². The standard InChI is InChI=1S/C21H19N3O3/c1-13-8-17-16(12-26-18(17)9-14(13)2)10-20(25)22-11-19-23-21(27-24-19)15-6-4-3-5-7-15/h3-9,12H,10-11H2,1-2H3,(H,22,25). The summed E-state index contributed by atoms with van der Waals surface area (Å²) in [6.45, 7) is 4.30. The fourth-order valence-electron chi connectivity index (χ4n) is 2.91. The van der Waals surface area contributed by atoms with Crippen LogP contribution in [0.2, 0.25) is 0 Å². The van der Waals surface area contributed by atoms with Crippen molar-refractivity contribution >= 4 is 16.9 Å². The lowest BCUT2D eigenvalue weighted by molar-refractivity contribution is -0.120. The number of carbonyl (C=O) groups excluding carboxylic acids is 1. The molecular weight excluding hydrogens is 342 g/mol. The Morgan fingerprint density at radius 2 is 1.89 bits per heavy atom. The van der Waals surface area contributed by atoms with E-state index < -0.39 is 0 Å². The summed E-state index contributed by atoms with van der Waals surface area (Å²) in [5.41, 5.74) is 4.85. The Morgan fingerprint density at radius 3 is 2.70 bits per heavy atom. The van der Waals surface area contributed by atoms with Crippen molar-refractivity contribution in [3.63, 3.8) is 0 Å². The van der Waals surface area contributed by atoms with E-state index in [1.165, 1.54) is 11.1 Å². The molecule has 0 spiro atoms. The highest BCUT2D eigenvalue weighted by atomic mass is 16.5. The highest BCUT2D eigenvalue weighted by molar-refractivity contribution is 5.88. The molecule has 0 atom stereocenters. The Hall–Kier alpha value is -3.41. The number of furan rings is 1. The van der Waals surface area contributed by atoms with Crippen LogP contribution in [0.15, 0.2) is 57.7 Å². The summed E-state index contributed by atoms with van der Waals surface area (Å²) in [4.78, 5) is 16.6. The molecule has 0 bridgehead atoms. The maximum atomic E-state index is 12.3. The van der Waals surface area contributed by atoms with Crippen LogP contribution in [0.3, 0.4) is 0 Å². The molecule has 6 heteroatoms. The van der Waals surface area contributed by atoms with Crippen molar-refractivity contribution in [1.82, 2.24) is 15.5 Å². The quantitative estimate of drug-likeness (QED) is 0.582. The van der Waals surface area contributed by atoms with Crippen LogP contribution >= 0.6 is 0 Å². The van der Waals surface area contributed by atoms with E-state index in [1.54, 1.807) is 6.26 Å². The van der Waals surface area contributed by atoms with Crippen molar-refractivity contribution in [2.75, 3.05) is 0 Å². The maximum absolute atomic E-state index is 12.3. The molecule has 1 amide bonds. The zero-order chi connectivity index (χ0) is 18.8. The minimum absolute atomic E-state index is 0.123. The molecule has 6 nitrogen and oxygen atoms in total. The second-order valence-electron chi connectivity index (χ2n) is 6.53. The van der Waals surface area contributed by atoms with Crippen LogP contribution in [0, 0.1) is 13.8 Å². The minimum atomic E-state index is -0.123. The predicted octanol–water partition coefficient (Wildman–Crippen LogP) is 3.96. The van der Waals surface area contributed by atoms with Gasteiger partial charge in [-0.05, 0) is 49.2 Å². The molecule has 0 aliphatic carbocycles. The molecule has 1 N–H and O–H groups in total. The van der Waals surface area contributed by atoms with Crippen LogP contribution in [0.25, 0.3) is 22.4 Å². The molecule has 0 aliphatic heterocycles. The number of nitrogens with zero attached hydrogens (tertiary/aromatic N) is 2. The third kappa shape index (κ3) is 3.60. The zero-order valence-electron chi connectivity index (χ0n) is 15.2. The summed E-state index contributed by atoms with van der Waals surface area (Å²) in [7, 11) is 0. The van der Waals surface area contributed by atoms with Gasteiger partial charge in [-0.15, -0.1) is 0 Å². The topological polar surface area (TPSA) is 81.2 Å². The Balaban J connectivity index is 1.41. The van der Waals surface area contributed by atoms with Gasteiger partial charge in [-0.2, -0.15) is 4.98 Å². The first-order chi connectivity index (χ1) is 13.1. The van der Waals surface area contributed by atoms with Gasteiger partial charge in [-0.1, -0.05) is 23.4 Å². The molecular formula is C21H19N3O3. The lowest BCUT2D eigenvalue weighted by atomic mass is 10.0. The summed E-state index contributed by atoms with van der Waals surface area (Å²) < 4.78 is 10.8. The molecule has 4 aromatic rings. The molecule has 136 valence electrons. The summed E-state index contributed by atoms with van der Waals surface area (Å²) in [5, 5.41) is 7.71. The normalized spacial score (nSPS) is 11.0. The monoisotopic (exact) mass is 361 g/mol. The largest absolute Gasteiger partial charge is 0.464 e. The smallest absolute Gasteiger partial charge is 0.257 e. The van der Waals surface area contributed by atoms with E-state index in [0.29, 0.717) is 11.7 Å². The van der Waals surface area contributed by atoms with E-state index in [9.17, 15) is 4.79 Å².